The SMILES string of the molecule is Cc1csc(NC(=O)CN2C(=O)c3ccc([N+](=O)[O-])cc3C2=O)n1. The number of carbonyl (C=O) groups is 3. The van der Waals surface area contributed by atoms with Crippen LogP contribution in [-0.4, -0.2) is 39.1 Å². The van der Waals surface area contributed by atoms with Crippen molar-refractivity contribution < 1.29 is 19.3 Å². The summed E-state index contributed by atoms with van der Waals surface area (Å²) in [5.41, 5.74) is 0.415. The van der Waals surface area contributed by atoms with Gasteiger partial charge >= 0.3 is 0 Å². The molecule has 0 saturated carbocycles. The number of thiazole rings is 1. The molecule has 1 aliphatic heterocycles. The second kappa shape index (κ2) is 5.81. The van der Waals surface area contributed by atoms with Gasteiger partial charge in [-0.15, -0.1) is 11.3 Å². The molecule has 2 aromatic rings. The predicted octanol–water partition coefficient (Wildman–Crippen LogP) is 1.59. The highest BCUT2D eigenvalue weighted by Crippen LogP contribution is 2.26. The summed E-state index contributed by atoms with van der Waals surface area (Å²) in [6, 6.07) is 3.40. The van der Waals surface area contributed by atoms with Crippen LogP contribution in [0.2, 0.25) is 0 Å². The standard InChI is InChI=1S/C14H10N4O5S/c1-7-6-24-14(15-7)16-11(19)5-17-12(20)9-3-2-8(18(22)23)4-10(9)13(17)21/h2-4,6H,5H2,1H3,(H,15,16,19). The minimum absolute atomic E-state index is 0.0449. The zero-order chi connectivity index (χ0) is 17.4. The molecule has 0 radical (unpaired) electrons. The lowest BCUT2D eigenvalue weighted by atomic mass is 10.1. The lowest BCUT2D eigenvalue weighted by molar-refractivity contribution is -0.384. The van der Waals surface area contributed by atoms with Crippen LogP contribution in [0, 0.1) is 17.0 Å². The van der Waals surface area contributed by atoms with Gasteiger partial charge in [-0.05, 0) is 13.0 Å². The van der Waals surface area contributed by atoms with Crippen LogP contribution >= 0.6 is 11.3 Å². The molecule has 10 heteroatoms. The second-order valence-corrected chi connectivity index (χ2v) is 5.88. The van der Waals surface area contributed by atoms with Gasteiger partial charge in [0.1, 0.15) is 6.54 Å². The van der Waals surface area contributed by atoms with Gasteiger partial charge in [-0.2, -0.15) is 0 Å². The lowest BCUT2D eigenvalue weighted by Crippen LogP contribution is -2.37. The van der Waals surface area contributed by atoms with Crippen LogP contribution in [0.1, 0.15) is 26.4 Å². The van der Waals surface area contributed by atoms with E-state index in [0.29, 0.717) is 5.13 Å². The normalized spacial score (nSPS) is 13.1. The fourth-order valence-electron chi connectivity index (χ4n) is 2.25. The number of anilines is 1. The van der Waals surface area contributed by atoms with E-state index in [1.54, 1.807) is 12.3 Å². The van der Waals surface area contributed by atoms with E-state index in [-0.39, 0.29) is 16.8 Å². The van der Waals surface area contributed by atoms with Crippen molar-refractivity contribution in [2.75, 3.05) is 11.9 Å². The zero-order valence-electron chi connectivity index (χ0n) is 12.3. The van der Waals surface area contributed by atoms with Crippen LogP contribution in [0.25, 0.3) is 0 Å². The quantitative estimate of drug-likeness (QED) is 0.509. The van der Waals surface area contributed by atoms with E-state index < -0.39 is 29.2 Å². The van der Waals surface area contributed by atoms with Crippen LogP contribution in [0.3, 0.4) is 0 Å². The first kappa shape index (κ1) is 15.7. The van der Waals surface area contributed by atoms with Crippen LogP contribution < -0.4 is 5.32 Å². The molecule has 1 aliphatic rings. The summed E-state index contributed by atoms with van der Waals surface area (Å²) in [4.78, 5) is 51.4. The van der Waals surface area contributed by atoms with E-state index in [0.717, 1.165) is 22.7 Å². The van der Waals surface area contributed by atoms with Crippen molar-refractivity contribution >= 4 is 39.9 Å². The third-order valence-electron chi connectivity index (χ3n) is 3.33. The van der Waals surface area contributed by atoms with E-state index in [1.165, 1.54) is 17.4 Å². The molecule has 9 nitrogen and oxygen atoms in total. The Hall–Kier alpha value is -3.14. The number of aryl methyl sites for hydroxylation is 1. The van der Waals surface area contributed by atoms with Gasteiger partial charge < -0.3 is 5.32 Å². The first-order valence-electron chi connectivity index (χ1n) is 6.73. The zero-order valence-corrected chi connectivity index (χ0v) is 13.1. The van der Waals surface area contributed by atoms with Gasteiger partial charge in [0.2, 0.25) is 5.91 Å². The number of imide groups is 1. The summed E-state index contributed by atoms with van der Waals surface area (Å²) in [6.45, 7) is 1.28. The highest BCUT2D eigenvalue weighted by atomic mass is 32.1. The van der Waals surface area contributed by atoms with Gasteiger partial charge in [0.15, 0.2) is 5.13 Å². The van der Waals surface area contributed by atoms with Crippen molar-refractivity contribution in [1.29, 1.82) is 0 Å². The maximum Gasteiger partial charge on any atom is 0.270 e. The van der Waals surface area contributed by atoms with Crippen molar-refractivity contribution in [3.8, 4) is 0 Å². The maximum absolute atomic E-state index is 12.3. The molecule has 3 rings (SSSR count). The number of aromatic nitrogens is 1. The molecule has 3 amide bonds. The summed E-state index contributed by atoms with van der Waals surface area (Å²) >= 11 is 1.22. The van der Waals surface area contributed by atoms with Gasteiger partial charge in [0.05, 0.1) is 21.7 Å². The smallest absolute Gasteiger partial charge is 0.270 e. The second-order valence-electron chi connectivity index (χ2n) is 5.03. The van der Waals surface area contributed by atoms with Crippen molar-refractivity contribution in [2.24, 2.45) is 0 Å². The van der Waals surface area contributed by atoms with Crippen LogP contribution in [0.4, 0.5) is 10.8 Å². The fraction of sp³-hybridized carbons (Fsp3) is 0.143. The number of nitro benzene ring substituents is 1. The molecule has 0 fully saturated rings. The molecule has 1 N–H and O–H groups in total. The molecule has 1 aromatic carbocycles. The molecular formula is C14H10N4O5S. The molecule has 2 heterocycles. The number of carbonyl (C=O) groups excluding carboxylic acids is 3. The topological polar surface area (TPSA) is 123 Å². The molecule has 0 aliphatic carbocycles. The molecule has 0 spiro atoms. The number of hydrogen-bond acceptors (Lipinski definition) is 7. The Bertz CT molecular complexity index is 891. The summed E-state index contributed by atoms with van der Waals surface area (Å²) in [5, 5.41) is 15.4. The third kappa shape index (κ3) is 2.74. The van der Waals surface area contributed by atoms with Gasteiger partial charge in [0, 0.05) is 17.5 Å². The predicted molar refractivity (Wildman–Crippen MR) is 83.9 cm³/mol. The molecule has 0 saturated heterocycles. The number of rotatable bonds is 4. The number of amides is 3. The first-order valence-corrected chi connectivity index (χ1v) is 7.61. The van der Waals surface area contributed by atoms with Gasteiger partial charge in [-0.1, -0.05) is 0 Å². The van der Waals surface area contributed by atoms with E-state index in [9.17, 15) is 24.5 Å². The van der Waals surface area contributed by atoms with Gasteiger partial charge in [0.25, 0.3) is 17.5 Å². The number of nitrogens with one attached hydrogen (secondary N) is 1. The number of fused-ring (bicyclic) bond motifs is 1. The Labute approximate surface area is 139 Å². The third-order valence-corrected chi connectivity index (χ3v) is 4.21. The minimum Gasteiger partial charge on any atom is -0.300 e. The van der Waals surface area contributed by atoms with Crippen molar-refractivity contribution in [1.82, 2.24) is 9.88 Å². The van der Waals surface area contributed by atoms with Crippen molar-refractivity contribution in [2.45, 2.75) is 6.92 Å². The molecule has 0 atom stereocenters. The summed E-state index contributed by atoms with van der Waals surface area (Å²) in [6.07, 6.45) is 0. The van der Waals surface area contributed by atoms with Gasteiger partial charge in [-0.25, -0.2) is 4.98 Å². The largest absolute Gasteiger partial charge is 0.300 e. The summed E-state index contributed by atoms with van der Waals surface area (Å²) in [5.74, 6) is -1.96. The lowest BCUT2D eigenvalue weighted by Gasteiger charge is -2.12. The fourth-order valence-corrected chi connectivity index (χ4v) is 2.95. The maximum atomic E-state index is 12.3. The highest BCUT2D eigenvalue weighted by molar-refractivity contribution is 7.13. The average molecular weight is 346 g/mol. The van der Waals surface area contributed by atoms with E-state index in [4.69, 9.17) is 0 Å². The molecule has 24 heavy (non-hydrogen) atoms. The Morgan fingerprint density at radius 2 is 2.04 bits per heavy atom. The van der Waals surface area contributed by atoms with E-state index in [2.05, 4.69) is 10.3 Å². The Morgan fingerprint density at radius 3 is 2.67 bits per heavy atom. The molecule has 0 unspecified atom stereocenters. The molecule has 1 aromatic heterocycles. The first-order chi connectivity index (χ1) is 11.4. The Morgan fingerprint density at radius 1 is 1.33 bits per heavy atom. The minimum atomic E-state index is -0.732. The van der Waals surface area contributed by atoms with Crippen LogP contribution in [0.15, 0.2) is 23.6 Å². The van der Waals surface area contributed by atoms with Crippen molar-refractivity contribution in [3.63, 3.8) is 0 Å². The van der Waals surface area contributed by atoms with E-state index >= 15 is 0 Å². The Balaban J connectivity index is 1.78. The monoisotopic (exact) mass is 346 g/mol. The summed E-state index contributed by atoms with van der Waals surface area (Å²) < 4.78 is 0. The van der Waals surface area contributed by atoms with Gasteiger partial charge in [-0.3, -0.25) is 29.4 Å². The number of hydrogen-bond donors (Lipinski definition) is 1. The number of nitrogens with zero attached hydrogens (tertiary/aromatic N) is 3. The average Bonchev–Trinajstić information content (AvgIpc) is 3.04. The number of nitro groups is 1. The molecule has 122 valence electrons. The Kier molecular flexibility index (Phi) is 3.81. The number of benzene rings is 1. The highest BCUT2D eigenvalue weighted by Gasteiger charge is 2.37. The van der Waals surface area contributed by atoms with Crippen molar-refractivity contribution in [3.05, 3.63) is 50.5 Å². The molecular weight excluding hydrogens is 336 g/mol. The van der Waals surface area contributed by atoms with E-state index in [1.807, 2.05) is 0 Å². The molecule has 0 bridgehead atoms. The van der Waals surface area contributed by atoms with Crippen LogP contribution in [-0.2, 0) is 4.79 Å². The van der Waals surface area contributed by atoms with Crippen LogP contribution in [0.5, 0.6) is 0 Å². The number of non-ortho nitro benzene ring substituents is 1. The summed E-state index contributed by atoms with van der Waals surface area (Å²) in [7, 11) is 0.